The third kappa shape index (κ3) is 14.2. The molecule has 0 bridgehead atoms. The van der Waals surface area contributed by atoms with Gasteiger partial charge in [-0.15, -0.1) is 0 Å². The Kier molecular flexibility index (Phi) is 18.4. The van der Waals surface area contributed by atoms with Crippen molar-refractivity contribution in [3.05, 3.63) is 36.5 Å². The van der Waals surface area contributed by atoms with E-state index >= 15 is 0 Å². The zero-order valence-electron chi connectivity index (χ0n) is 21.5. The molecule has 0 saturated carbocycles. The van der Waals surface area contributed by atoms with E-state index in [1.54, 1.807) is 0 Å². The lowest BCUT2D eigenvalue weighted by atomic mass is 9.99. The van der Waals surface area contributed by atoms with Crippen LogP contribution in [0.1, 0.15) is 71.1 Å². The van der Waals surface area contributed by atoms with Crippen LogP contribution in [0.3, 0.4) is 0 Å². The Hall–Kier alpha value is -1.59. The molecule has 1 heterocycles. The summed E-state index contributed by atoms with van der Waals surface area (Å²) < 4.78 is 15.5. The number of aliphatic hydroxyl groups excluding tert-OH is 5. The highest BCUT2D eigenvalue weighted by Crippen LogP contribution is 2.22. The number of carbonyl (C=O) groups is 1. The zero-order chi connectivity index (χ0) is 26.6. The highest BCUT2D eigenvalue weighted by Gasteiger charge is 2.44. The number of allylic oxidation sites excluding steroid dienone is 6. The molecule has 1 rings (SSSR count). The molecule has 208 valence electrons. The molecule has 0 unspecified atom stereocenters. The van der Waals surface area contributed by atoms with Crippen LogP contribution in [-0.2, 0) is 19.0 Å². The Morgan fingerprint density at radius 3 is 2.19 bits per heavy atom. The first-order chi connectivity index (χ1) is 17.4. The van der Waals surface area contributed by atoms with Crippen molar-refractivity contribution in [3.8, 4) is 0 Å². The summed E-state index contributed by atoms with van der Waals surface area (Å²) in [5.41, 5.74) is 0. The summed E-state index contributed by atoms with van der Waals surface area (Å²) in [4.78, 5) is 11.9. The maximum atomic E-state index is 11.9. The van der Waals surface area contributed by atoms with Gasteiger partial charge in [-0.05, 0) is 38.5 Å². The molecule has 6 atom stereocenters. The summed E-state index contributed by atoms with van der Waals surface area (Å²) in [6.45, 7) is 0.964. The first-order valence-electron chi connectivity index (χ1n) is 13.1. The van der Waals surface area contributed by atoms with Gasteiger partial charge in [0, 0.05) is 6.42 Å². The van der Waals surface area contributed by atoms with Gasteiger partial charge >= 0.3 is 5.97 Å². The normalized spacial score (nSPS) is 25.8. The van der Waals surface area contributed by atoms with Gasteiger partial charge in [0.1, 0.15) is 37.1 Å². The standard InChI is InChI=1S/C27H46O9/c1-2-3-4-5-6-7-8-9-10-11-12-13-14-15-16-17-23(30)34-19-21(29)20-35-27-26(33)25(32)24(31)22(18-28)36-27/h3-4,6-7,9-10,21-22,24-29,31-33H,2,5,8,11-20H2,1H3/b4-3-,7-6-,10-9-/t21-,22-,24+,25+,26+,27-/m0/s1. The fourth-order valence-electron chi connectivity index (χ4n) is 3.61. The molecule has 0 aromatic rings. The zero-order valence-corrected chi connectivity index (χ0v) is 21.5. The van der Waals surface area contributed by atoms with E-state index in [9.17, 15) is 25.2 Å². The average Bonchev–Trinajstić information content (AvgIpc) is 2.88. The molecule has 0 radical (unpaired) electrons. The predicted octanol–water partition coefficient (Wildman–Crippen LogP) is 2.30. The Labute approximate surface area is 215 Å². The molecule has 9 nitrogen and oxygen atoms in total. The predicted molar refractivity (Wildman–Crippen MR) is 136 cm³/mol. The molecule has 36 heavy (non-hydrogen) atoms. The molecule has 5 N–H and O–H groups in total. The second-order valence-electron chi connectivity index (χ2n) is 8.97. The fraction of sp³-hybridized carbons (Fsp3) is 0.741. The number of carbonyl (C=O) groups excluding carboxylic acids is 1. The Morgan fingerprint density at radius 2 is 1.50 bits per heavy atom. The molecular formula is C27H46O9. The Morgan fingerprint density at radius 1 is 0.861 bits per heavy atom. The van der Waals surface area contributed by atoms with E-state index in [0.717, 1.165) is 57.8 Å². The van der Waals surface area contributed by atoms with Gasteiger partial charge in [0.05, 0.1) is 13.2 Å². The number of aliphatic hydroxyl groups is 5. The van der Waals surface area contributed by atoms with Crippen LogP contribution in [0.4, 0.5) is 0 Å². The van der Waals surface area contributed by atoms with Crippen molar-refractivity contribution < 1.29 is 44.5 Å². The Balaban J connectivity index is 2.02. The number of ether oxygens (including phenoxy) is 3. The van der Waals surface area contributed by atoms with Gasteiger partial charge < -0.3 is 39.7 Å². The molecule has 1 fully saturated rings. The Bertz CT molecular complexity index is 647. The van der Waals surface area contributed by atoms with Gasteiger partial charge in [-0.3, -0.25) is 4.79 Å². The lowest BCUT2D eigenvalue weighted by Gasteiger charge is -2.39. The first kappa shape index (κ1) is 32.4. The highest BCUT2D eigenvalue weighted by molar-refractivity contribution is 5.69. The molecule has 9 heteroatoms. The molecule has 1 aliphatic rings. The van der Waals surface area contributed by atoms with Gasteiger partial charge in [0.15, 0.2) is 6.29 Å². The number of rotatable bonds is 19. The minimum Gasteiger partial charge on any atom is -0.463 e. The monoisotopic (exact) mass is 514 g/mol. The van der Waals surface area contributed by atoms with Crippen LogP contribution in [0.25, 0.3) is 0 Å². The first-order valence-corrected chi connectivity index (χ1v) is 13.1. The van der Waals surface area contributed by atoms with Gasteiger partial charge in [0.2, 0.25) is 0 Å². The van der Waals surface area contributed by atoms with Crippen LogP contribution >= 0.6 is 0 Å². The molecule has 0 aromatic carbocycles. The molecule has 0 aliphatic carbocycles. The lowest BCUT2D eigenvalue weighted by molar-refractivity contribution is -0.305. The number of unbranched alkanes of at least 4 members (excludes halogenated alkanes) is 5. The third-order valence-electron chi connectivity index (χ3n) is 5.77. The minimum atomic E-state index is -1.56. The van der Waals surface area contributed by atoms with E-state index in [1.807, 2.05) is 0 Å². The van der Waals surface area contributed by atoms with Gasteiger partial charge in [-0.1, -0.05) is 62.6 Å². The smallest absolute Gasteiger partial charge is 0.305 e. The van der Waals surface area contributed by atoms with Crippen molar-refractivity contribution in [2.75, 3.05) is 19.8 Å². The second-order valence-corrected chi connectivity index (χ2v) is 8.97. The second kappa shape index (κ2) is 20.5. The summed E-state index contributed by atoms with van der Waals surface area (Å²) in [5, 5.41) is 48.5. The maximum Gasteiger partial charge on any atom is 0.305 e. The number of hydrogen-bond acceptors (Lipinski definition) is 9. The molecule has 0 spiro atoms. The van der Waals surface area contributed by atoms with Crippen molar-refractivity contribution in [2.24, 2.45) is 0 Å². The third-order valence-corrected chi connectivity index (χ3v) is 5.77. The van der Waals surface area contributed by atoms with Crippen LogP contribution < -0.4 is 0 Å². The average molecular weight is 515 g/mol. The molecule has 0 amide bonds. The highest BCUT2D eigenvalue weighted by atomic mass is 16.7. The SMILES string of the molecule is CC/C=C\C/C=C\C/C=C\CCCCCCCC(=O)OC[C@H](O)CO[C@H]1O[C@@H](CO)[C@@H](O)[C@@H](O)[C@H]1O. The van der Waals surface area contributed by atoms with E-state index in [-0.39, 0.29) is 19.6 Å². The van der Waals surface area contributed by atoms with Gasteiger partial charge in [-0.25, -0.2) is 0 Å². The van der Waals surface area contributed by atoms with Crippen LogP contribution in [0.15, 0.2) is 36.5 Å². The van der Waals surface area contributed by atoms with Gasteiger partial charge in [-0.2, -0.15) is 0 Å². The van der Waals surface area contributed by atoms with Crippen LogP contribution in [0.5, 0.6) is 0 Å². The van der Waals surface area contributed by atoms with Crippen LogP contribution in [-0.4, -0.2) is 88.1 Å². The van der Waals surface area contributed by atoms with Gasteiger partial charge in [0.25, 0.3) is 0 Å². The van der Waals surface area contributed by atoms with Crippen LogP contribution in [0, 0.1) is 0 Å². The van der Waals surface area contributed by atoms with Crippen molar-refractivity contribution in [3.63, 3.8) is 0 Å². The molecule has 0 aromatic heterocycles. The van der Waals surface area contributed by atoms with E-state index in [0.29, 0.717) is 0 Å². The van der Waals surface area contributed by atoms with Crippen molar-refractivity contribution >= 4 is 5.97 Å². The van der Waals surface area contributed by atoms with Crippen molar-refractivity contribution in [2.45, 2.75) is 108 Å². The largest absolute Gasteiger partial charge is 0.463 e. The topological polar surface area (TPSA) is 146 Å². The summed E-state index contributed by atoms with van der Waals surface area (Å²) in [6.07, 6.45) is 14.3. The van der Waals surface area contributed by atoms with E-state index < -0.39 is 49.4 Å². The van der Waals surface area contributed by atoms with Crippen molar-refractivity contribution in [1.82, 2.24) is 0 Å². The molecular weight excluding hydrogens is 468 g/mol. The number of esters is 1. The summed E-state index contributed by atoms with van der Waals surface area (Å²) in [6, 6.07) is 0. The summed E-state index contributed by atoms with van der Waals surface area (Å²) in [7, 11) is 0. The lowest BCUT2D eigenvalue weighted by Crippen LogP contribution is -2.59. The van der Waals surface area contributed by atoms with Crippen LogP contribution in [0.2, 0.25) is 0 Å². The molecule has 1 saturated heterocycles. The maximum absolute atomic E-state index is 11.9. The van der Waals surface area contributed by atoms with E-state index in [2.05, 4.69) is 43.4 Å². The number of hydrogen-bond donors (Lipinski definition) is 5. The summed E-state index contributed by atoms with van der Waals surface area (Å²) in [5.74, 6) is -0.400. The molecule has 1 aliphatic heterocycles. The van der Waals surface area contributed by atoms with E-state index in [1.165, 1.54) is 0 Å². The van der Waals surface area contributed by atoms with E-state index in [4.69, 9.17) is 19.3 Å². The quantitative estimate of drug-likeness (QED) is 0.0995. The minimum absolute atomic E-state index is 0.271. The fourth-order valence-corrected chi connectivity index (χ4v) is 3.61. The summed E-state index contributed by atoms with van der Waals surface area (Å²) >= 11 is 0. The van der Waals surface area contributed by atoms with Crippen molar-refractivity contribution in [1.29, 1.82) is 0 Å².